The number of nitrogens with zero attached hydrogens (tertiary/aromatic N) is 1. The maximum Gasteiger partial charge on any atom is 0.472 e. The van der Waals surface area contributed by atoms with Crippen molar-refractivity contribution in [2.24, 2.45) is 0 Å². The molecular weight excluding hydrogens is 840 g/mol. The van der Waals surface area contributed by atoms with Crippen LogP contribution in [0.25, 0.3) is 0 Å². The predicted molar refractivity (Wildman–Crippen MR) is 286 cm³/mol. The lowest BCUT2D eigenvalue weighted by Gasteiger charge is -2.25. The molecule has 1 amide bonds. The minimum atomic E-state index is -4.33. The number of likely N-dealkylation sites (N-methyl/N-ethyl adjacent to an activating group) is 1. The highest BCUT2D eigenvalue weighted by Gasteiger charge is 2.27. The Labute approximate surface area is 412 Å². The summed E-state index contributed by atoms with van der Waals surface area (Å²) in [6, 6.07) is -0.839. The number of unbranched alkanes of at least 4 members (excludes halogenated alkanes) is 41. The minimum Gasteiger partial charge on any atom is -0.387 e. The van der Waals surface area contributed by atoms with Gasteiger partial charge in [0.15, 0.2) is 0 Å². The van der Waals surface area contributed by atoms with Crippen LogP contribution in [0, 0.1) is 0 Å². The highest BCUT2D eigenvalue weighted by atomic mass is 31.2. The van der Waals surface area contributed by atoms with Crippen molar-refractivity contribution in [3.63, 3.8) is 0 Å². The zero-order valence-corrected chi connectivity index (χ0v) is 45.9. The zero-order valence-electron chi connectivity index (χ0n) is 45.0. The summed E-state index contributed by atoms with van der Waals surface area (Å²) in [5, 5.41) is 13.7. The van der Waals surface area contributed by atoms with E-state index in [1.807, 2.05) is 27.2 Å². The summed E-state index contributed by atoms with van der Waals surface area (Å²) in [6.07, 6.45) is 60.9. The van der Waals surface area contributed by atoms with E-state index in [1.165, 1.54) is 238 Å². The maximum absolute atomic E-state index is 12.9. The molecule has 0 aromatic rings. The molecule has 0 aliphatic heterocycles. The van der Waals surface area contributed by atoms with E-state index in [4.69, 9.17) is 9.05 Å². The van der Waals surface area contributed by atoms with Crippen LogP contribution in [0.5, 0.6) is 0 Å². The highest BCUT2D eigenvalue weighted by molar-refractivity contribution is 7.47. The van der Waals surface area contributed by atoms with Gasteiger partial charge in [-0.15, -0.1) is 0 Å². The fraction of sp³-hybridized carbons (Fsp3) is 0.947. The Kier molecular flexibility index (Phi) is 48.7. The van der Waals surface area contributed by atoms with Gasteiger partial charge < -0.3 is 19.8 Å². The largest absolute Gasteiger partial charge is 0.472 e. The summed E-state index contributed by atoms with van der Waals surface area (Å²) < 4.78 is 23.5. The van der Waals surface area contributed by atoms with Crippen LogP contribution in [0.4, 0.5) is 0 Å². The van der Waals surface area contributed by atoms with Crippen LogP contribution in [-0.2, 0) is 18.4 Å². The van der Waals surface area contributed by atoms with Gasteiger partial charge in [-0.05, 0) is 19.3 Å². The Bertz CT molecular complexity index is 1080. The number of aliphatic hydroxyl groups excluding tert-OH is 1. The smallest absolute Gasteiger partial charge is 0.387 e. The van der Waals surface area contributed by atoms with Crippen molar-refractivity contribution in [1.29, 1.82) is 0 Å². The number of rotatable bonds is 54. The highest BCUT2D eigenvalue weighted by Crippen LogP contribution is 2.43. The van der Waals surface area contributed by atoms with E-state index < -0.39 is 20.0 Å². The van der Waals surface area contributed by atoms with Crippen molar-refractivity contribution >= 4 is 13.7 Å². The van der Waals surface area contributed by atoms with Crippen LogP contribution in [0.1, 0.15) is 296 Å². The molecular formula is C57H116N2O6P+. The minimum absolute atomic E-state index is 0.0641. The lowest BCUT2D eigenvalue weighted by atomic mass is 10.0. The monoisotopic (exact) mass is 956 g/mol. The van der Waals surface area contributed by atoms with Gasteiger partial charge in [0.1, 0.15) is 13.2 Å². The van der Waals surface area contributed by atoms with E-state index >= 15 is 0 Å². The van der Waals surface area contributed by atoms with E-state index in [9.17, 15) is 19.4 Å². The van der Waals surface area contributed by atoms with Crippen LogP contribution in [0.3, 0.4) is 0 Å². The summed E-state index contributed by atoms with van der Waals surface area (Å²) in [7, 11) is 1.58. The van der Waals surface area contributed by atoms with Gasteiger partial charge in [-0.1, -0.05) is 283 Å². The molecule has 66 heavy (non-hydrogen) atoms. The molecule has 0 heterocycles. The van der Waals surface area contributed by atoms with E-state index in [0.29, 0.717) is 17.4 Å². The first kappa shape index (κ1) is 65.2. The molecule has 0 aromatic carbocycles. The molecule has 0 spiro atoms. The number of hydrogen-bond acceptors (Lipinski definition) is 5. The zero-order chi connectivity index (χ0) is 48.5. The molecule has 0 fully saturated rings. The molecule has 8 nitrogen and oxygen atoms in total. The van der Waals surface area contributed by atoms with Crippen molar-refractivity contribution in [2.75, 3.05) is 40.9 Å². The number of carbonyl (C=O) groups excluding carboxylic acids is 1. The van der Waals surface area contributed by atoms with E-state index in [0.717, 1.165) is 38.5 Å². The number of phosphoric ester groups is 1. The topological polar surface area (TPSA) is 105 Å². The summed E-state index contributed by atoms with van der Waals surface area (Å²) in [5.74, 6) is -0.175. The number of amides is 1. The third kappa shape index (κ3) is 51.1. The SMILES string of the molecule is CCCCCCC/C=C/C(O)C(COP(=O)(O)OCC[N+](C)(C)C)NC(=O)CCCCCCCCCCCCCCCCCCCCCCCCCCCCCCCCCCCCCCC. The number of nitrogens with one attached hydrogen (secondary N) is 1. The number of quaternary nitrogens is 1. The van der Waals surface area contributed by atoms with E-state index in [2.05, 4.69) is 19.2 Å². The van der Waals surface area contributed by atoms with Gasteiger partial charge in [0.05, 0.1) is 39.9 Å². The summed E-state index contributed by atoms with van der Waals surface area (Å²) in [5.41, 5.74) is 0. The number of allylic oxidation sites excluding steroid dienone is 1. The predicted octanol–water partition coefficient (Wildman–Crippen LogP) is 17.4. The molecule has 394 valence electrons. The van der Waals surface area contributed by atoms with Crippen LogP contribution in [-0.4, -0.2) is 73.4 Å². The first-order valence-corrected chi connectivity index (χ1v) is 30.6. The van der Waals surface area contributed by atoms with Gasteiger partial charge in [0.25, 0.3) is 0 Å². The first-order valence-electron chi connectivity index (χ1n) is 29.1. The molecule has 0 saturated heterocycles. The Balaban J connectivity index is 3.72. The lowest BCUT2D eigenvalue weighted by molar-refractivity contribution is -0.870. The molecule has 0 rings (SSSR count). The van der Waals surface area contributed by atoms with E-state index in [-0.39, 0.29) is 19.1 Å². The second-order valence-corrected chi connectivity index (χ2v) is 22.8. The Morgan fingerprint density at radius 2 is 0.803 bits per heavy atom. The number of phosphoric acid groups is 1. The molecule has 3 unspecified atom stereocenters. The van der Waals surface area contributed by atoms with Crippen LogP contribution in [0.2, 0.25) is 0 Å². The van der Waals surface area contributed by atoms with E-state index in [1.54, 1.807) is 6.08 Å². The second-order valence-electron chi connectivity index (χ2n) is 21.4. The van der Waals surface area contributed by atoms with Crippen LogP contribution >= 0.6 is 7.82 Å². The van der Waals surface area contributed by atoms with Gasteiger partial charge in [-0.25, -0.2) is 4.57 Å². The normalized spacial score (nSPS) is 14.0. The second kappa shape index (κ2) is 49.2. The molecule has 0 bridgehead atoms. The standard InChI is InChI=1S/C57H115N2O6P/c1-6-8-10-12-14-15-16-17-18-19-20-21-22-23-24-25-26-27-28-29-30-31-32-33-34-35-36-37-38-39-40-41-42-43-45-47-49-51-57(61)58-55(56(60)50-48-46-44-13-11-9-7-2)54-65-66(62,63)64-53-52-59(3,4)5/h48,50,55-56,60H,6-47,49,51-54H2,1-5H3,(H-,58,61,62,63)/p+1/b50-48+. The van der Waals surface area contributed by atoms with Crippen molar-refractivity contribution in [3.05, 3.63) is 12.2 Å². The molecule has 3 atom stereocenters. The molecule has 0 radical (unpaired) electrons. The van der Waals surface area contributed by atoms with Crippen molar-refractivity contribution in [2.45, 2.75) is 309 Å². The average Bonchev–Trinajstić information content (AvgIpc) is 3.28. The maximum atomic E-state index is 12.9. The summed E-state index contributed by atoms with van der Waals surface area (Å²) in [4.78, 5) is 23.1. The molecule has 3 N–H and O–H groups in total. The Morgan fingerprint density at radius 3 is 1.12 bits per heavy atom. The van der Waals surface area contributed by atoms with Gasteiger partial charge in [0, 0.05) is 6.42 Å². The molecule has 0 aliphatic rings. The molecule has 0 aromatic heterocycles. The van der Waals surface area contributed by atoms with Gasteiger partial charge in [-0.2, -0.15) is 0 Å². The molecule has 0 aliphatic carbocycles. The lowest BCUT2D eigenvalue weighted by Crippen LogP contribution is -2.45. The van der Waals surface area contributed by atoms with Crippen molar-refractivity contribution < 1.29 is 32.9 Å². The number of aliphatic hydroxyl groups is 1. The third-order valence-electron chi connectivity index (χ3n) is 13.5. The molecule has 9 heteroatoms. The van der Waals surface area contributed by atoms with Crippen LogP contribution < -0.4 is 5.32 Å². The fourth-order valence-corrected chi connectivity index (χ4v) is 9.66. The van der Waals surface area contributed by atoms with Crippen LogP contribution in [0.15, 0.2) is 12.2 Å². The number of carbonyl (C=O) groups is 1. The van der Waals surface area contributed by atoms with Gasteiger partial charge >= 0.3 is 7.82 Å². The van der Waals surface area contributed by atoms with Gasteiger partial charge in [-0.3, -0.25) is 13.8 Å². The molecule has 0 saturated carbocycles. The van der Waals surface area contributed by atoms with Crippen molar-refractivity contribution in [1.82, 2.24) is 5.32 Å². The quantitative estimate of drug-likeness (QED) is 0.0243. The summed E-state index contributed by atoms with van der Waals surface area (Å²) >= 11 is 0. The van der Waals surface area contributed by atoms with Crippen molar-refractivity contribution in [3.8, 4) is 0 Å². The fourth-order valence-electron chi connectivity index (χ4n) is 8.93. The Morgan fingerprint density at radius 1 is 0.500 bits per heavy atom. The van der Waals surface area contributed by atoms with Gasteiger partial charge in [0.2, 0.25) is 5.91 Å². The third-order valence-corrected chi connectivity index (χ3v) is 14.5. The first-order chi connectivity index (χ1) is 32.0. The number of hydrogen-bond donors (Lipinski definition) is 3. The average molecular weight is 957 g/mol. The summed E-state index contributed by atoms with van der Waals surface area (Å²) in [6.45, 7) is 4.79. The Hall–Kier alpha value is -0.760.